The quantitative estimate of drug-likeness (QED) is 0.359. The summed E-state index contributed by atoms with van der Waals surface area (Å²) in [4.78, 5) is 12.6. The van der Waals surface area contributed by atoms with E-state index in [9.17, 15) is 4.79 Å². The fourth-order valence-electron chi connectivity index (χ4n) is 4.19. The van der Waals surface area contributed by atoms with Crippen LogP contribution in [-0.2, 0) is 12.8 Å². The van der Waals surface area contributed by atoms with Crippen LogP contribution in [-0.4, -0.2) is 36.5 Å². The molecule has 2 N–H and O–H groups in total. The molecule has 0 saturated carbocycles. The van der Waals surface area contributed by atoms with Gasteiger partial charge in [-0.2, -0.15) is 10.2 Å². The lowest BCUT2D eigenvalue weighted by Gasteiger charge is -2.07. The number of hydrogen-bond donors (Lipinski definition) is 2. The molecule has 160 valence electrons. The van der Waals surface area contributed by atoms with E-state index in [0.29, 0.717) is 22.8 Å². The van der Waals surface area contributed by atoms with E-state index in [1.165, 1.54) is 28.1 Å². The Kier molecular flexibility index (Phi) is 5.07. The van der Waals surface area contributed by atoms with Crippen LogP contribution in [0, 0.1) is 0 Å². The van der Waals surface area contributed by atoms with Crippen LogP contribution in [0.15, 0.2) is 59.7 Å². The minimum absolute atomic E-state index is 0.335. The van der Waals surface area contributed by atoms with Crippen molar-refractivity contribution in [3.63, 3.8) is 0 Å². The Morgan fingerprint density at radius 3 is 2.72 bits per heavy atom. The van der Waals surface area contributed by atoms with Gasteiger partial charge in [-0.25, -0.2) is 5.43 Å². The van der Waals surface area contributed by atoms with Crippen molar-refractivity contribution in [3.05, 3.63) is 77.0 Å². The number of H-pyrrole nitrogens is 1. The van der Waals surface area contributed by atoms with Crippen molar-refractivity contribution in [2.45, 2.75) is 12.8 Å². The molecule has 4 aromatic rings. The molecule has 7 heteroatoms. The molecule has 32 heavy (non-hydrogen) atoms. The van der Waals surface area contributed by atoms with E-state index < -0.39 is 0 Å². The lowest BCUT2D eigenvalue weighted by Crippen LogP contribution is -2.18. The number of methoxy groups -OCH3 is 2. The van der Waals surface area contributed by atoms with Gasteiger partial charge in [0.05, 0.1) is 26.1 Å². The molecule has 0 atom stereocenters. The van der Waals surface area contributed by atoms with Crippen LogP contribution in [0.1, 0.15) is 27.2 Å². The highest BCUT2D eigenvalue weighted by Gasteiger charge is 2.18. The zero-order valence-corrected chi connectivity index (χ0v) is 17.8. The highest BCUT2D eigenvalue weighted by Crippen LogP contribution is 2.36. The highest BCUT2D eigenvalue weighted by atomic mass is 16.5. The van der Waals surface area contributed by atoms with Gasteiger partial charge in [0.1, 0.15) is 17.2 Å². The van der Waals surface area contributed by atoms with E-state index in [0.717, 1.165) is 24.1 Å². The van der Waals surface area contributed by atoms with Crippen LogP contribution in [0.25, 0.3) is 22.0 Å². The van der Waals surface area contributed by atoms with E-state index in [1.54, 1.807) is 38.5 Å². The number of benzene rings is 3. The van der Waals surface area contributed by atoms with Gasteiger partial charge >= 0.3 is 0 Å². The van der Waals surface area contributed by atoms with Gasteiger partial charge in [0, 0.05) is 17.2 Å². The SMILES string of the molecule is COc1ccc(/C=N/NC(=O)c2cc(-c3ccc4c5c(cccc35)CC4)n[nH]2)c(OC)c1. The summed E-state index contributed by atoms with van der Waals surface area (Å²) < 4.78 is 10.5. The van der Waals surface area contributed by atoms with Gasteiger partial charge in [-0.05, 0) is 52.9 Å². The van der Waals surface area contributed by atoms with Crippen molar-refractivity contribution >= 4 is 22.9 Å². The highest BCUT2D eigenvalue weighted by molar-refractivity contribution is 6.02. The molecule has 0 fully saturated rings. The first-order chi connectivity index (χ1) is 15.7. The van der Waals surface area contributed by atoms with Crippen LogP contribution in [0.5, 0.6) is 11.5 Å². The topological polar surface area (TPSA) is 88.6 Å². The Morgan fingerprint density at radius 2 is 1.91 bits per heavy atom. The Morgan fingerprint density at radius 1 is 1.06 bits per heavy atom. The molecular weight excluding hydrogens is 404 g/mol. The maximum atomic E-state index is 12.6. The zero-order valence-electron chi connectivity index (χ0n) is 17.8. The average Bonchev–Trinajstić information content (AvgIpc) is 3.48. The number of aromatic amines is 1. The predicted molar refractivity (Wildman–Crippen MR) is 124 cm³/mol. The zero-order chi connectivity index (χ0) is 22.1. The van der Waals surface area contributed by atoms with Crippen LogP contribution in [0.4, 0.5) is 0 Å². The van der Waals surface area contributed by atoms with E-state index in [-0.39, 0.29) is 5.91 Å². The number of hydrogen-bond acceptors (Lipinski definition) is 5. The molecule has 1 aromatic heterocycles. The second-order valence-corrected chi connectivity index (χ2v) is 7.59. The number of nitrogens with zero attached hydrogens (tertiary/aromatic N) is 2. The second kappa shape index (κ2) is 8.19. The summed E-state index contributed by atoms with van der Waals surface area (Å²) in [7, 11) is 3.15. The molecule has 0 unspecified atom stereocenters. The molecule has 0 bridgehead atoms. The van der Waals surface area contributed by atoms with Crippen LogP contribution < -0.4 is 14.9 Å². The normalized spacial score (nSPS) is 12.4. The molecule has 1 aliphatic carbocycles. The van der Waals surface area contributed by atoms with Crippen LogP contribution in [0.2, 0.25) is 0 Å². The number of aryl methyl sites for hydroxylation is 2. The minimum atomic E-state index is -0.376. The van der Waals surface area contributed by atoms with Crippen molar-refractivity contribution in [2.24, 2.45) is 5.10 Å². The molecule has 0 spiro atoms. The van der Waals surface area contributed by atoms with E-state index in [1.807, 2.05) is 0 Å². The molecule has 0 saturated heterocycles. The number of amides is 1. The number of carbonyl (C=O) groups is 1. The fourth-order valence-corrected chi connectivity index (χ4v) is 4.19. The average molecular weight is 426 g/mol. The molecule has 7 nitrogen and oxygen atoms in total. The van der Waals surface area contributed by atoms with Gasteiger partial charge in [0.2, 0.25) is 0 Å². The van der Waals surface area contributed by atoms with Gasteiger partial charge in [0.25, 0.3) is 5.91 Å². The third-order valence-electron chi connectivity index (χ3n) is 5.79. The molecular formula is C25H22N4O3. The standard InChI is InChI=1S/C25H22N4O3/c1-31-18-10-8-17(23(12-18)32-2)14-26-29-25(30)22-13-21(27-28-22)19-11-9-16-7-6-15-4-3-5-20(19)24(15)16/h3-5,8-14H,6-7H2,1-2H3,(H,27,28)(H,29,30)/b26-14+. The number of nitrogens with one attached hydrogen (secondary N) is 2. The first-order valence-electron chi connectivity index (χ1n) is 10.3. The molecule has 1 heterocycles. The van der Waals surface area contributed by atoms with Crippen LogP contribution >= 0.6 is 0 Å². The summed E-state index contributed by atoms with van der Waals surface area (Å²) in [5.74, 6) is 0.896. The van der Waals surface area contributed by atoms with E-state index >= 15 is 0 Å². The van der Waals surface area contributed by atoms with Crippen molar-refractivity contribution < 1.29 is 14.3 Å². The summed E-state index contributed by atoms with van der Waals surface area (Å²) in [6.07, 6.45) is 3.67. The number of aromatic nitrogens is 2. The molecule has 1 amide bonds. The smallest absolute Gasteiger partial charge is 0.289 e. The first kappa shape index (κ1) is 19.8. The lowest BCUT2D eigenvalue weighted by atomic mass is 9.98. The Bertz CT molecular complexity index is 1350. The van der Waals surface area contributed by atoms with Crippen LogP contribution in [0.3, 0.4) is 0 Å². The third-order valence-corrected chi connectivity index (χ3v) is 5.79. The maximum Gasteiger partial charge on any atom is 0.289 e. The summed E-state index contributed by atoms with van der Waals surface area (Å²) >= 11 is 0. The Labute approximate surface area is 185 Å². The van der Waals surface area contributed by atoms with E-state index in [2.05, 4.69) is 51.1 Å². The molecule has 1 aliphatic rings. The Hall–Kier alpha value is -4.13. The van der Waals surface area contributed by atoms with Gasteiger partial charge in [0.15, 0.2) is 0 Å². The number of rotatable bonds is 6. The Balaban J connectivity index is 1.35. The maximum absolute atomic E-state index is 12.6. The molecule has 5 rings (SSSR count). The monoisotopic (exact) mass is 426 g/mol. The van der Waals surface area contributed by atoms with Crippen molar-refractivity contribution in [2.75, 3.05) is 14.2 Å². The van der Waals surface area contributed by atoms with Crippen molar-refractivity contribution in [3.8, 4) is 22.8 Å². The predicted octanol–water partition coefficient (Wildman–Crippen LogP) is 4.11. The van der Waals surface area contributed by atoms with Gasteiger partial charge in [-0.15, -0.1) is 0 Å². The van der Waals surface area contributed by atoms with Crippen molar-refractivity contribution in [1.29, 1.82) is 0 Å². The fraction of sp³-hybridized carbons (Fsp3) is 0.160. The second-order valence-electron chi connectivity index (χ2n) is 7.59. The molecule has 0 aliphatic heterocycles. The summed E-state index contributed by atoms with van der Waals surface area (Å²) in [6.45, 7) is 0. The van der Waals surface area contributed by atoms with Gasteiger partial charge in [-0.3, -0.25) is 9.89 Å². The number of ether oxygens (including phenoxy) is 2. The van der Waals surface area contributed by atoms with Gasteiger partial charge < -0.3 is 9.47 Å². The summed E-state index contributed by atoms with van der Waals surface area (Å²) in [5, 5.41) is 13.7. The van der Waals surface area contributed by atoms with Gasteiger partial charge in [-0.1, -0.05) is 30.3 Å². The summed E-state index contributed by atoms with van der Waals surface area (Å²) in [6, 6.07) is 17.7. The lowest BCUT2D eigenvalue weighted by molar-refractivity contribution is 0.0950. The van der Waals surface area contributed by atoms with Crippen molar-refractivity contribution in [1.82, 2.24) is 15.6 Å². The number of hydrazone groups is 1. The molecule has 0 radical (unpaired) electrons. The third kappa shape index (κ3) is 3.47. The summed E-state index contributed by atoms with van der Waals surface area (Å²) in [5.41, 5.74) is 8.06. The number of carbonyl (C=O) groups excluding carboxylic acids is 1. The van der Waals surface area contributed by atoms with E-state index in [4.69, 9.17) is 9.47 Å². The molecule has 3 aromatic carbocycles. The first-order valence-corrected chi connectivity index (χ1v) is 10.3. The minimum Gasteiger partial charge on any atom is -0.497 e. The largest absolute Gasteiger partial charge is 0.497 e.